The lowest BCUT2D eigenvalue weighted by atomic mass is 10.1. The first-order chi connectivity index (χ1) is 8.65. The average molecular weight is 249 g/mol. The smallest absolute Gasteiger partial charge is 0.304 e. The van der Waals surface area contributed by atoms with Gasteiger partial charge in [-0.25, -0.2) is 0 Å². The number of carboxylic acid groups (broad SMARTS) is 1. The van der Waals surface area contributed by atoms with E-state index in [4.69, 9.17) is 5.11 Å². The van der Waals surface area contributed by atoms with Crippen LogP contribution in [-0.4, -0.2) is 35.4 Å². The van der Waals surface area contributed by atoms with Crippen molar-refractivity contribution in [1.82, 2.24) is 4.90 Å². The highest BCUT2D eigenvalue weighted by Gasteiger charge is 2.07. The van der Waals surface area contributed by atoms with Crippen molar-refractivity contribution in [1.29, 1.82) is 0 Å². The van der Waals surface area contributed by atoms with Crippen LogP contribution in [0.1, 0.15) is 35.7 Å². The van der Waals surface area contributed by atoms with Crippen molar-refractivity contribution in [3.05, 3.63) is 35.4 Å². The summed E-state index contributed by atoms with van der Waals surface area (Å²) >= 11 is 0. The van der Waals surface area contributed by atoms with Crippen molar-refractivity contribution in [2.75, 3.05) is 13.1 Å². The van der Waals surface area contributed by atoms with Crippen molar-refractivity contribution >= 4 is 12.3 Å². The molecule has 1 N–H and O–H groups in total. The highest BCUT2D eigenvalue weighted by Crippen LogP contribution is 2.07. The number of hydrogen-bond acceptors (Lipinski definition) is 3. The van der Waals surface area contributed by atoms with Gasteiger partial charge in [0.05, 0.1) is 6.42 Å². The van der Waals surface area contributed by atoms with E-state index in [1.807, 2.05) is 12.1 Å². The van der Waals surface area contributed by atoms with Gasteiger partial charge < -0.3 is 5.11 Å². The van der Waals surface area contributed by atoms with E-state index in [2.05, 4.69) is 11.8 Å². The van der Waals surface area contributed by atoms with Gasteiger partial charge in [0.25, 0.3) is 0 Å². The summed E-state index contributed by atoms with van der Waals surface area (Å²) in [6, 6.07) is 7.38. The Hall–Kier alpha value is -1.68. The number of aldehydes is 1. The fourth-order valence-electron chi connectivity index (χ4n) is 1.80. The van der Waals surface area contributed by atoms with E-state index in [0.29, 0.717) is 12.1 Å². The van der Waals surface area contributed by atoms with Crippen LogP contribution < -0.4 is 0 Å². The maximum absolute atomic E-state index is 10.6. The molecule has 18 heavy (non-hydrogen) atoms. The minimum absolute atomic E-state index is 0.159. The number of carboxylic acids is 1. The van der Waals surface area contributed by atoms with Gasteiger partial charge in [-0.15, -0.1) is 0 Å². The van der Waals surface area contributed by atoms with Crippen LogP contribution in [0, 0.1) is 0 Å². The van der Waals surface area contributed by atoms with Crippen LogP contribution in [0.5, 0.6) is 0 Å². The molecule has 1 rings (SSSR count). The average Bonchev–Trinajstić information content (AvgIpc) is 2.37. The van der Waals surface area contributed by atoms with Crippen molar-refractivity contribution in [2.24, 2.45) is 0 Å². The lowest BCUT2D eigenvalue weighted by molar-refractivity contribution is -0.137. The monoisotopic (exact) mass is 249 g/mol. The van der Waals surface area contributed by atoms with Gasteiger partial charge in [-0.3, -0.25) is 14.5 Å². The second kappa shape index (κ2) is 7.61. The van der Waals surface area contributed by atoms with Gasteiger partial charge in [-0.2, -0.15) is 0 Å². The molecule has 0 aliphatic carbocycles. The van der Waals surface area contributed by atoms with Gasteiger partial charge in [0.2, 0.25) is 0 Å². The van der Waals surface area contributed by atoms with E-state index < -0.39 is 5.97 Å². The van der Waals surface area contributed by atoms with Crippen LogP contribution >= 0.6 is 0 Å². The SMILES string of the molecule is CCCN(CCC(=O)O)Cc1ccc(C=O)cc1. The Kier molecular flexibility index (Phi) is 6.08. The van der Waals surface area contributed by atoms with Gasteiger partial charge in [0.1, 0.15) is 6.29 Å². The Bertz CT molecular complexity index is 387. The molecule has 0 saturated heterocycles. The summed E-state index contributed by atoms with van der Waals surface area (Å²) in [6.07, 6.45) is 1.97. The summed E-state index contributed by atoms with van der Waals surface area (Å²) in [7, 11) is 0. The van der Waals surface area contributed by atoms with E-state index in [1.165, 1.54) is 0 Å². The quantitative estimate of drug-likeness (QED) is 0.717. The second-order valence-electron chi connectivity index (χ2n) is 4.28. The van der Waals surface area contributed by atoms with Crippen LogP contribution in [0.3, 0.4) is 0 Å². The fourth-order valence-corrected chi connectivity index (χ4v) is 1.80. The third-order valence-corrected chi connectivity index (χ3v) is 2.70. The van der Waals surface area contributed by atoms with E-state index in [9.17, 15) is 9.59 Å². The Morgan fingerprint density at radius 1 is 1.28 bits per heavy atom. The van der Waals surface area contributed by atoms with Crippen molar-refractivity contribution in [3.8, 4) is 0 Å². The number of aliphatic carboxylic acids is 1. The van der Waals surface area contributed by atoms with Crippen LogP contribution in [0.25, 0.3) is 0 Å². The third kappa shape index (κ3) is 5.10. The summed E-state index contributed by atoms with van der Waals surface area (Å²) < 4.78 is 0. The second-order valence-corrected chi connectivity index (χ2v) is 4.28. The minimum Gasteiger partial charge on any atom is -0.481 e. The molecule has 0 spiro atoms. The molecular weight excluding hydrogens is 230 g/mol. The van der Waals surface area contributed by atoms with Gasteiger partial charge in [-0.05, 0) is 18.5 Å². The number of rotatable bonds is 8. The topological polar surface area (TPSA) is 57.6 Å². The highest BCUT2D eigenvalue weighted by atomic mass is 16.4. The van der Waals surface area contributed by atoms with Crippen LogP contribution in [0.4, 0.5) is 0 Å². The molecule has 0 bridgehead atoms. The molecule has 4 nitrogen and oxygen atoms in total. The molecule has 1 aromatic carbocycles. The van der Waals surface area contributed by atoms with E-state index in [0.717, 1.165) is 31.4 Å². The van der Waals surface area contributed by atoms with E-state index >= 15 is 0 Å². The lowest BCUT2D eigenvalue weighted by Gasteiger charge is -2.20. The molecule has 0 amide bonds. The van der Waals surface area contributed by atoms with Crippen LogP contribution in [-0.2, 0) is 11.3 Å². The Morgan fingerprint density at radius 2 is 1.94 bits per heavy atom. The summed E-state index contributed by atoms with van der Waals surface area (Å²) in [5.74, 6) is -0.771. The molecule has 98 valence electrons. The minimum atomic E-state index is -0.771. The Labute approximate surface area is 107 Å². The number of nitrogens with zero attached hydrogens (tertiary/aromatic N) is 1. The first-order valence-corrected chi connectivity index (χ1v) is 6.14. The van der Waals surface area contributed by atoms with Gasteiger partial charge >= 0.3 is 5.97 Å². The molecular formula is C14H19NO3. The van der Waals surface area contributed by atoms with E-state index in [-0.39, 0.29) is 6.42 Å². The predicted octanol–water partition coefficient (Wildman–Crippen LogP) is 2.19. The summed E-state index contributed by atoms with van der Waals surface area (Å²) in [6.45, 7) is 4.23. The molecule has 0 unspecified atom stereocenters. The van der Waals surface area contributed by atoms with Crippen LogP contribution in [0.15, 0.2) is 24.3 Å². The van der Waals surface area contributed by atoms with Gasteiger partial charge in [0.15, 0.2) is 0 Å². The zero-order chi connectivity index (χ0) is 13.4. The zero-order valence-corrected chi connectivity index (χ0v) is 10.6. The summed E-state index contributed by atoms with van der Waals surface area (Å²) in [4.78, 5) is 23.2. The molecule has 0 aromatic heterocycles. The third-order valence-electron chi connectivity index (χ3n) is 2.70. The molecule has 0 radical (unpaired) electrons. The summed E-state index contributed by atoms with van der Waals surface area (Å²) in [5, 5.41) is 8.70. The largest absolute Gasteiger partial charge is 0.481 e. The molecule has 0 aliphatic heterocycles. The van der Waals surface area contributed by atoms with Gasteiger partial charge in [-0.1, -0.05) is 31.2 Å². The van der Waals surface area contributed by atoms with Crippen molar-refractivity contribution in [3.63, 3.8) is 0 Å². The zero-order valence-electron chi connectivity index (χ0n) is 10.6. The van der Waals surface area contributed by atoms with Crippen molar-refractivity contribution in [2.45, 2.75) is 26.3 Å². The molecule has 0 atom stereocenters. The first-order valence-electron chi connectivity index (χ1n) is 6.14. The van der Waals surface area contributed by atoms with Crippen LogP contribution in [0.2, 0.25) is 0 Å². The lowest BCUT2D eigenvalue weighted by Crippen LogP contribution is -2.26. The highest BCUT2D eigenvalue weighted by molar-refractivity contribution is 5.74. The molecule has 0 fully saturated rings. The maximum atomic E-state index is 10.6. The Balaban J connectivity index is 2.57. The fraction of sp³-hybridized carbons (Fsp3) is 0.429. The standard InChI is InChI=1S/C14H19NO3/c1-2-8-15(9-7-14(17)18)10-12-3-5-13(11-16)6-4-12/h3-6,11H,2,7-10H2,1H3,(H,17,18). The van der Waals surface area contributed by atoms with Crippen molar-refractivity contribution < 1.29 is 14.7 Å². The molecule has 0 aliphatic rings. The number of benzene rings is 1. The molecule has 0 saturated carbocycles. The Morgan fingerprint density at radius 3 is 2.44 bits per heavy atom. The summed E-state index contributed by atoms with van der Waals surface area (Å²) in [5.41, 5.74) is 1.76. The normalized spacial score (nSPS) is 10.6. The molecule has 4 heteroatoms. The number of carbonyl (C=O) groups is 2. The first kappa shape index (κ1) is 14.4. The molecule has 1 aromatic rings. The maximum Gasteiger partial charge on any atom is 0.304 e. The predicted molar refractivity (Wildman–Crippen MR) is 69.7 cm³/mol. The number of hydrogen-bond donors (Lipinski definition) is 1. The van der Waals surface area contributed by atoms with Gasteiger partial charge in [0, 0.05) is 18.7 Å². The molecule has 0 heterocycles. The number of carbonyl (C=O) groups excluding carboxylic acids is 1. The van der Waals surface area contributed by atoms with E-state index in [1.54, 1.807) is 12.1 Å².